The third-order valence-electron chi connectivity index (χ3n) is 2.24. The third kappa shape index (κ3) is 2.19. The Hall–Kier alpha value is -1.74. The van der Waals surface area contributed by atoms with E-state index in [0.717, 1.165) is 22.4 Å². The second-order valence-corrected chi connectivity index (χ2v) is 3.51. The highest BCUT2D eigenvalue weighted by atomic mass is 14.7. The van der Waals surface area contributed by atoms with Crippen LogP contribution in [-0.2, 0) is 6.54 Å². The van der Waals surface area contributed by atoms with Crippen molar-refractivity contribution in [2.75, 3.05) is 0 Å². The van der Waals surface area contributed by atoms with Crippen LogP contribution < -0.4 is 5.73 Å². The Kier molecular flexibility index (Phi) is 2.74. The third-order valence-corrected chi connectivity index (χ3v) is 2.24. The zero-order valence-electron chi connectivity index (χ0n) is 8.64. The molecule has 0 unspecified atom stereocenters. The summed E-state index contributed by atoms with van der Waals surface area (Å²) < 4.78 is 0. The Labute approximate surface area is 89.0 Å². The molecule has 0 saturated heterocycles. The van der Waals surface area contributed by atoms with Gasteiger partial charge in [0, 0.05) is 30.7 Å². The molecule has 0 aliphatic heterocycles. The monoisotopic (exact) mass is 199 g/mol. The van der Waals surface area contributed by atoms with Crippen molar-refractivity contribution >= 4 is 0 Å². The number of nitrogens with two attached hydrogens (primary N) is 1. The van der Waals surface area contributed by atoms with Gasteiger partial charge in [-0.2, -0.15) is 0 Å². The number of aromatic nitrogens is 2. The lowest BCUT2D eigenvalue weighted by molar-refractivity contribution is 1.05. The average Bonchev–Trinajstić information content (AvgIpc) is 2.30. The maximum atomic E-state index is 5.56. The number of pyridine rings is 2. The molecule has 0 saturated carbocycles. The highest BCUT2D eigenvalue weighted by Gasteiger charge is 2.00. The summed E-state index contributed by atoms with van der Waals surface area (Å²) in [6, 6.07) is 6.05. The summed E-state index contributed by atoms with van der Waals surface area (Å²) in [5, 5.41) is 0. The van der Waals surface area contributed by atoms with E-state index < -0.39 is 0 Å². The summed E-state index contributed by atoms with van der Waals surface area (Å²) in [7, 11) is 0. The molecule has 2 rings (SSSR count). The van der Waals surface area contributed by atoms with Gasteiger partial charge in [0.2, 0.25) is 0 Å². The maximum Gasteiger partial charge on any atom is 0.0717 e. The molecule has 2 aromatic rings. The largest absolute Gasteiger partial charge is 0.326 e. The molecular formula is C12H13N3. The van der Waals surface area contributed by atoms with Crippen molar-refractivity contribution in [3.05, 3.63) is 47.9 Å². The molecule has 0 aliphatic rings. The Bertz CT molecular complexity index is 449. The van der Waals surface area contributed by atoms with Crippen LogP contribution in [0.15, 0.2) is 36.8 Å². The quantitative estimate of drug-likeness (QED) is 0.803. The van der Waals surface area contributed by atoms with E-state index in [0.29, 0.717) is 6.54 Å². The Morgan fingerprint density at radius 3 is 2.73 bits per heavy atom. The van der Waals surface area contributed by atoms with Gasteiger partial charge < -0.3 is 5.73 Å². The fraction of sp³-hybridized carbons (Fsp3) is 0.167. The van der Waals surface area contributed by atoms with Crippen molar-refractivity contribution in [1.29, 1.82) is 0 Å². The first kappa shape index (κ1) is 9.80. The van der Waals surface area contributed by atoms with Crippen molar-refractivity contribution in [3.8, 4) is 11.3 Å². The molecule has 3 heteroatoms. The van der Waals surface area contributed by atoms with E-state index in [1.165, 1.54) is 0 Å². The smallest absolute Gasteiger partial charge is 0.0717 e. The summed E-state index contributed by atoms with van der Waals surface area (Å²) in [6.07, 6.45) is 5.43. The van der Waals surface area contributed by atoms with Crippen LogP contribution in [0.25, 0.3) is 11.3 Å². The molecule has 0 bridgehead atoms. The summed E-state index contributed by atoms with van der Waals surface area (Å²) in [6.45, 7) is 2.53. The number of nitrogens with zero attached hydrogens (tertiary/aromatic N) is 2. The van der Waals surface area contributed by atoms with Crippen LogP contribution in [0.5, 0.6) is 0 Å². The first-order valence-corrected chi connectivity index (χ1v) is 4.86. The maximum absolute atomic E-state index is 5.56. The number of hydrogen-bond acceptors (Lipinski definition) is 3. The average molecular weight is 199 g/mol. The van der Waals surface area contributed by atoms with Crippen LogP contribution in [-0.4, -0.2) is 9.97 Å². The first-order valence-electron chi connectivity index (χ1n) is 4.86. The van der Waals surface area contributed by atoms with Crippen LogP contribution in [0.4, 0.5) is 0 Å². The van der Waals surface area contributed by atoms with Gasteiger partial charge in [-0.05, 0) is 30.2 Å². The number of hydrogen-bond donors (Lipinski definition) is 1. The fourth-order valence-corrected chi connectivity index (χ4v) is 1.38. The van der Waals surface area contributed by atoms with Gasteiger partial charge in [-0.25, -0.2) is 0 Å². The molecule has 0 amide bonds. The lowest BCUT2D eigenvalue weighted by Gasteiger charge is -2.02. The molecule has 76 valence electrons. The highest BCUT2D eigenvalue weighted by Crippen LogP contribution is 2.16. The van der Waals surface area contributed by atoms with E-state index in [2.05, 4.69) is 9.97 Å². The van der Waals surface area contributed by atoms with Crippen molar-refractivity contribution < 1.29 is 0 Å². The standard InChI is InChI=1S/C12H13N3/c1-9-2-3-12(15-6-9)11-4-10(5-13)7-14-8-11/h2-4,6-8H,5,13H2,1H3. The van der Waals surface area contributed by atoms with E-state index in [1.807, 2.05) is 31.3 Å². The zero-order valence-corrected chi connectivity index (χ0v) is 8.64. The minimum atomic E-state index is 0.507. The predicted molar refractivity (Wildman–Crippen MR) is 60.1 cm³/mol. The number of aryl methyl sites for hydroxylation is 1. The SMILES string of the molecule is Cc1ccc(-c2cncc(CN)c2)nc1. The van der Waals surface area contributed by atoms with Gasteiger partial charge in [-0.15, -0.1) is 0 Å². The second kappa shape index (κ2) is 4.19. The van der Waals surface area contributed by atoms with Crippen LogP contribution in [0.3, 0.4) is 0 Å². The van der Waals surface area contributed by atoms with Gasteiger partial charge >= 0.3 is 0 Å². The molecule has 15 heavy (non-hydrogen) atoms. The van der Waals surface area contributed by atoms with Crippen LogP contribution >= 0.6 is 0 Å². The van der Waals surface area contributed by atoms with Crippen molar-refractivity contribution in [2.24, 2.45) is 5.73 Å². The normalized spacial score (nSPS) is 10.3. The molecule has 0 atom stereocenters. The lowest BCUT2D eigenvalue weighted by atomic mass is 10.1. The minimum Gasteiger partial charge on any atom is -0.326 e. The van der Waals surface area contributed by atoms with Gasteiger partial charge in [0.05, 0.1) is 5.69 Å². The van der Waals surface area contributed by atoms with E-state index in [4.69, 9.17) is 5.73 Å². The summed E-state index contributed by atoms with van der Waals surface area (Å²) in [5.41, 5.74) is 9.68. The van der Waals surface area contributed by atoms with E-state index in [9.17, 15) is 0 Å². The molecule has 2 aromatic heterocycles. The van der Waals surface area contributed by atoms with Crippen LogP contribution in [0.1, 0.15) is 11.1 Å². The zero-order chi connectivity index (χ0) is 10.7. The number of rotatable bonds is 2. The lowest BCUT2D eigenvalue weighted by Crippen LogP contribution is -1.97. The van der Waals surface area contributed by atoms with Gasteiger partial charge in [0.15, 0.2) is 0 Å². The molecule has 0 fully saturated rings. The second-order valence-electron chi connectivity index (χ2n) is 3.51. The predicted octanol–water partition coefficient (Wildman–Crippen LogP) is 1.91. The Morgan fingerprint density at radius 2 is 2.07 bits per heavy atom. The molecule has 0 spiro atoms. The fourth-order valence-electron chi connectivity index (χ4n) is 1.38. The topological polar surface area (TPSA) is 51.8 Å². The van der Waals surface area contributed by atoms with Gasteiger partial charge in [-0.1, -0.05) is 6.07 Å². The van der Waals surface area contributed by atoms with Gasteiger partial charge in [-0.3, -0.25) is 9.97 Å². The minimum absolute atomic E-state index is 0.507. The molecule has 2 N–H and O–H groups in total. The van der Waals surface area contributed by atoms with Crippen molar-refractivity contribution in [2.45, 2.75) is 13.5 Å². The molecular weight excluding hydrogens is 186 g/mol. The van der Waals surface area contributed by atoms with E-state index in [1.54, 1.807) is 12.4 Å². The highest BCUT2D eigenvalue weighted by molar-refractivity contribution is 5.58. The Balaban J connectivity index is 2.40. The van der Waals surface area contributed by atoms with Crippen LogP contribution in [0.2, 0.25) is 0 Å². The van der Waals surface area contributed by atoms with Crippen molar-refractivity contribution in [1.82, 2.24) is 9.97 Å². The van der Waals surface area contributed by atoms with Gasteiger partial charge in [0.25, 0.3) is 0 Å². The summed E-state index contributed by atoms with van der Waals surface area (Å²) >= 11 is 0. The molecule has 2 heterocycles. The Morgan fingerprint density at radius 1 is 1.20 bits per heavy atom. The van der Waals surface area contributed by atoms with Gasteiger partial charge in [0.1, 0.15) is 0 Å². The first-order chi connectivity index (χ1) is 7.29. The van der Waals surface area contributed by atoms with E-state index in [-0.39, 0.29) is 0 Å². The molecule has 0 radical (unpaired) electrons. The molecule has 0 aliphatic carbocycles. The van der Waals surface area contributed by atoms with E-state index >= 15 is 0 Å². The molecule has 0 aromatic carbocycles. The summed E-state index contributed by atoms with van der Waals surface area (Å²) in [5.74, 6) is 0. The van der Waals surface area contributed by atoms with Crippen LogP contribution in [0, 0.1) is 6.92 Å². The van der Waals surface area contributed by atoms with Crippen molar-refractivity contribution in [3.63, 3.8) is 0 Å². The molecule has 3 nitrogen and oxygen atoms in total. The summed E-state index contributed by atoms with van der Waals surface area (Å²) in [4.78, 5) is 8.48.